The fourth-order valence-electron chi connectivity index (χ4n) is 2.36. The lowest BCUT2D eigenvalue weighted by Crippen LogP contribution is -2.35. The Morgan fingerprint density at radius 1 is 1.24 bits per heavy atom. The number of nitrogens with zero attached hydrogens (tertiary/aromatic N) is 3. The van der Waals surface area contributed by atoms with Gasteiger partial charge in [0, 0.05) is 31.4 Å². The summed E-state index contributed by atoms with van der Waals surface area (Å²) in [5.74, 6) is -0.223. The van der Waals surface area contributed by atoms with Crippen molar-refractivity contribution in [2.75, 3.05) is 26.4 Å². The highest BCUT2D eigenvalue weighted by Gasteiger charge is 2.11. The maximum absolute atomic E-state index is 12.1. The summed E-state index contributed by atoms with van der Waals surface area (Å²) in [6.07, 6.45) is 1.14. The van der Waals surface area contributed by atoms with E-state index in [0.29, 0.717) is 12.1 Å². The highest BCUT2D eigenvalue weighted by Crippen LogP contribution is 2.09. The van der Waals surface area contributed by atoms with Crippen molar-refractivity contribution in [3.63, 3.8) is 0 Å². The van der Waals surface area contributed by atoms with Crippen molar-refractivity contribution < 1.29 is 13.2 Å². The van der Waals surface area contributed by atoms with Crippen LogP contribution in [0.3, 0.4) is 0 Å². The fraction of sp³-hybridized carbons (Fsp3) is 0.412. The minimum absolute atomic E-state index is 0.223. The zero-order chi connectivity index (χ0) is 18.6. The van der Waals surface area contributed by atoms with Gasteiger partial charge in [0.1, 0.15) is 0 Å². The average molecular weight is 364 g/mol. The van der Waals surface area contributed by atoms with Gasteiger partial charge in [-0.05, 0) is 37.6 Å². The van der Waals surface area contributed by atoms with Gasteiger partial charge in [-0.1, -0.05) is 12.1 Å². The zero-order valence-corrected chi connectivity index (χ0v) is 15.8. The molecule has 0 saturated carbocycles. The molecular formula is C17H24N4O3S. The first-order chi connectivity index (χ1) is 11.7. The number of carbonyl (C=O) groups is 1. The summed E-state index contributed by atoms with van der Waals surface area (Å²) in [4.78, 5) is 12.1. The van der Waals surface area contributed by atoms with Gasteiger partial charge in [-0.2, -0.15) is 5.10 Å². The summed E-state index contributed by atoms with van der Waals surface area (Å²) in [6, 6.07) is 9.34. The summed E-state index contributed by atoms with van der Waals surface area (Å²) < 4.78 is 25.7. The molecule has 0 aliphatic rings. The Labute approximate surface area is 148 Å². The van der Waals surface area contributed by atoms with Gasteiger partial charge in [0.25, 0.3) is 5.91 Å². The summed E-state index contributed by atoms with van der Waals surface area (Å²) in [5.41, 5.74) is 3.67. The van der Waals surface area contributed by atoms with Gasteiger partial charge < -0.3 is 5.32 Å². The van der Waals surface area contributed by atoms with E-state index in [1.807, 2.05) is 36.7 Å². The number of aromatic nitrogens is 2. The average Bonchev–Trinajstić information content (AvgIpc) is 2.84. The number of hydrogen-bond acceptors (Lipinski definition) is 4. The van der Waals surface area contributed by atoms with Gasteiger partial charge in [-0.15, -0.1) is 0 Å². The molecular weight excluding hydrogens is 340 g/mol. The number of amides is 1. The maximum atomic E-state index is 12.1. The number of benzene rings is 1. The lowest BCUT2D eigenvalue weighted by atomic mass is 10.1. The third-order valence-electron chi connectivity index (χ3n) is 3.93. The molecule has 0 aliphatic heterocycles. The van der Waals surface area contributed by atoms with E-state index < -0.39 is 10.0 Å². The normalized spacial score (nSPS) is 11.7. The first kappa shape index (κ1) is 19.1. The Balaban J connectivity index is 1.91. The SMILES string of the molecule is Cc1cc(C)n(Cc2ccc(C(=O)NCCN(C)S(C)(=O)=O)cc2)n1. The third-order valence-corrected chi connectivity index (χ3v) is 5.25. The minimum Gasteiger partial charge on any atom is -0.351 e. The molecule has 25 heavy (non-hydrogen) atoms. The topological polar surface area (TPSA) is 84.3 Å². The molecule has 0 saturated heterocycles. The molecule has 1 N–H and O–H groups in total. The first-order valence-corrected chi connectivity index (χ1v) is 9.81. The summed E-state index contributed by atoms with van der Waals surface area (Å²) >= 11 is 0. The number of aryl methyl sites for hydroxylation is 2. The van der Waals surface area contributed by atoms with Crippen LogP contribution in [0.1, 0.15) is 27.3 Å². The lowest BCUT2D eigenvalue weighted by molar-refractivity contribution is 0.0952. The molecule has 0 unspecified atom stereocenters. The van der Waals surface area contributed by atoms with Crippen LogP contribution >= 0.6 is 0 Å². The van der Waals surface area contributed by atoms with E-state index in [1.165, 1.54) is 11.4 Å². The molecule has 1 aromatic carbocycles. The number of likely N-dealkylation sites (N-methyl/N-ethyl adjacent to an activating group) is 1. The van der Waals surface area contributed by atoms with Crippen LogP contribution in [0.15, 0.2) is 30.3 Å². The van der Waals surface area contributed by atoms with E-state index in [9.17, 15) is 13.2 Å². The van der Waals surface area contributed by atoms with Gasteiger partial charge in [0.2, 0.25) is 10.0 Å². The van der Waals surface area contributed by atoms with E-state index in [2.05, 4.69) is 10.4 Å². The number of hydrogen-bond donors (Lipinski definition) is 1. The Morgan fingerprint density at radius 3 is 2.40 bits per heavy atom. The van der Waals surface area contributed by atoms with E-state index in [1.54, 1.807) is 12.1 Å². The molecule has 1 aromatic heterocycles. The van der Waals surface area contributed by atoms with Gasteiger partial charge in [0.15, 0.2) is 0 Å². The second-order valence-electron chi connectivity index (χ2n) is 6.12. The van der Waals surface area contributed by atoms with Crippen LogP contribution in [0.2, 0.25) is 0 Å². The van der Waals surface area contributed by atoms with Gasteiger partial charge >= 0.3 is 0 Å². The van der Waals surface area contributed by atoms with Crippen molar-refractivity contribution in [3.05, 3.63) is 52.8 Å². The minimum atomic E-state index is -3.23. The van der Waals surface area contributed by atoms with Crippen LogP contribution in [0.5, 0.6) is 0 Å². The Kier molecular flexibility index (Phi) is 5.97. The molecule has 0 fully saturated rings. The van der Waals surface area contributed by atoms with E-state index in [0.717, 1.165) is 23.2 Å². The van der Waals surface area contributed by atoms with Crippen LogP contribution in [0.25, 0.3) is 0 Å². The van der Waals surface area contributed by atoms with Gasteiger partial charge in [-0.3, -0.25) is 9.48 Å². The standard InChI is InChI=1S/C17H24N4O3S/c1-13-11-14(2)21(19-13)12-15-5-7-16(8-6-15)17(22)18-9-10-20(3)25(4,23)24/h5-8,11H,9-10,12H2,1-4H3,(H,18,22). The summed E-state index contributed by atoms with van der Waals surface area (Å²) in [5, 5.41) is 7.14. The molecule has 0 aliphatic carbocycles. The molecule has 2 rings (SSSR count). The lowest BCUT2D eigenvalue weighted by Gasteiger charge is -2.14. The Hall–Kier alpha value is -2.19. The number of nitrogens with one attached hydrogen (secondary N) is 1. The largest absolute Gasteiger partial charge is 0.351 e. The van der Waals surface area contributed by atoms with Crippen molar-refractivity contribution in [1.82, 2.24) is 19.4 Å². The molecule has 1 heterocycles. The molecule has 8 heteroatoms. The summed E-state index contributed by atoms with van der Waals surface area (Å²) in [7, 11) is -1.75. The van der Waals surface area contributed by atoms with Crippen molar-refractivity contribution in [2.45, 2.75) is 20.4 Å². The second-order valence-corrected chi connectivity index (χ2v) is 8.21. The van der Waals surface area contributed by atoms with Gasteiger partial charge in [-0.25, -0.2) is 12.7 Å². The van der Waals surface area contributed by atoms with Crippen molar-refractivity contribution in [3.8, 4) is 0 Å². The van der Waals surface area contributed by atoms with Crippen LogP contribution in [0, 0.1) is 13.8 Å². The summed E-state index contributed by atoms with van der Waals surface area (Å²) in [6.45, 7) is 5.12. The molecule has 0 spiro atoms. The van der Waals surface area contributed by atoms with Crippen LogP contribution < -0.4 is 5.32 Å². The molecule has 7 nitrogen and oxygen atoms in total. The maximum Gasteiger partial charge on any atom is 0.251 e. The van der Waals surface area contributed by atoms with E-state index in [-0.39, 0.29) is 19.0 Å². The molecule has 0 atom stereocenters. The molecule has 2 aromatic rings. The van der Waals surface area contributed by atoms with Crippen molar-refractivity contribution >= 4 is 15.9 Å². The van der Waals surface area contributed by atoms with E-state index >= 15 is 0 Å². The van der Waals surface area contributed by atoms with Crippen molar-refractivity contribution in [2.24, 2.45) is 0 Å². The zero-order valence-electron chi connectivity index (χ0n) is 15.0. The third kappa shape index (κ3) is 5.40. The predicted molar refractivity (Wildman–Crippen MR) is 97.1 cm³/mol. The smallest absolute Gasteiger partial charge is 0.251 e. The van der Waals surface area contributed by atoms with E-state index in [4.69, 9.17) is 0 Å². The molecule has 1 amide bonds. The Morgan fingerprint density at radius 2 is 1.88 bits per heavy atom. The van der Waals surface area contributed by atoms with Gasteiger partial charge in [0.05, 0.1) is 18.5 Å². The number of sulfonamides is 1. The highest BCUT2D eigenvalue weighted by atomic mass is 32.2. The molecule has 136 valence electrons. The monoisotopic (exact) mass is 364 g/mol. The second kappa shape index (κ2) is 7.79. The molecule has 0 bridgehead atoms. The number of rotatable bonds is 7. The predicted octanol–water partition coefficient (Wildman–Crippen LogP) is 1.17. The fourth-order valence-corrected chi connectivity index (χ4v) is 2.79. The number of carbonyl (C=O) groups excluding carboxylic acids is 1. The Bertz CT molecular complexity index is 841. The van der Waals surface area contributed by atoms with Crippen LogP contribution in [-0.4, -0.2) is 54.8 Å². The molecule has 0 radical (unpaired) electrons. The first-order valence-electron chi connectivity index (χ1n) is 7.96. The van der Waals surface area contributed by atoms with Crippen LogP contribution in [0.4, 0.5) is 0 Å². The van der Waals surface area contributed by atoms with Crippen LogP contribution in [-0.2, 0) is 16.6 Å². The quantitative estimate of drug-likeness (QED) is 0.799. The highest BCUT2D eigenvalue weighted by molar-refractivity contribution is 7.88. The van der Waals surface area contributed by atoms with Crippen molar-refractivity contribution in [1.29, 1.82) is 0 Å².